The highest BCUT2D eigenvalue weighted by atomic mass is 79.9. The lowest BCUT2D eigenvalue weighted by Crippen LogP contribution is -2.52. The second-order valence-electron chi connectivity index (χ2n) is 10.3. The third kappa shape index (κ3) is 4.61. The molecule has 0 radical (unpaired) electrons. The van der Waals surface area contributed by atoms with Crippen LogP contribution in [-0.2, 0) is 4.74 Å². The lowest BCUT2D eigenvalue weighted by Gasteiger charge is -2.42. The van der Waals surface area contributed by atoms with E-state index in [0.29, 0.717) is 34.4 Å². The number of nitrogens with zero attached hydrogens (tertiary/aromatic N) is 2. The molecule has 2 aliphatic carbocycles. The molecule has 1 aromatic rings. The van der Waals surface area contributed by atoms with Gasteiger partial charge in [-0.2, -0.15) is 5.10 Å². The van der Waals surface area contributed by atoms with Crippen LogP contribution in [-0.4, -0.2) is 47.5 Å². The van der Waals surface area contributed by atoms with Gasteiger partial charge in [0.25, 0.3) is 0 Å². The third-order valence-corrected chi connectivity index (χ3v) is 8.47. The van der Waals surface area contributed by atoms with E-state index in [1.165, 1.54) is 25.0 Å². The van der Waals surface area contributed by atoms with Gasteiger partial charge in [0.05, 0.1) is 0 Å². The number of halogens is 2. The lowest BCUT2D eigenvalue weighted by atomic mass is 9.73. The minimum atomic E-state index is -0.820. The SMILES string of the molecule is C[C@@H](CC1CCC2(CC1)OC(=O)NN=C2c1ccc(F)cc1Br)NC(=O)N1CCC2(CC2)C1. The van der Waals surface area contributed by atoms with Gasteiger partial charge in [-0.3, -0.25) is 0 Å². The number of amides is 3. The molecule has 0 unspecified atom stereocenters. The van der Waals surface area contributed by atoms with Crippen molar-refractivity contribution in [2.24, 2.45) is 16.4 Å². The van der Waals surface area contributed by atoms with Gasteiger partial charge in [-0.1, -0.05) is 15.9 Å². The molecule has 0 bridgehead atoms. The van der Waals surface area contributed by atoms with Gasteiger partial charge in [0.2, 0.25) is 0 Å². The normalized spacial score (nSPS) is 28.8. The van der Waals surface area contributed by atoms with Crippen molar-refractivity contribution in [3.05, 3.63) is 34.1 Å². The van der Waals surface area contributed by atoms with E-state index in [2.05, 4.69) is 38.7 Å². The number of carbonyl (C=O) groups is 2. The fourth-order valence-electron chi connectivity index (χ4n) is 5.71. The summed E-state index contributed by atoms with van der Waals surface area (Å²) in [6.07, 6.45) is 6.99. The molecule has 0 aromatic heterocycles. The van der Waals surface area contributed by atoms with Crippen molar-refractivity contribution in [3.63, 3.8) is 0 Å². The first-order valence-corrected chi connectivity index (χ1v) is 12.6. The molecule has 2 aliphatic heterocycles. The summed E-state index contributed by atoms with van der Waals surface area (Å²) >= 11 is 3.42. The Morgan fingerprint density at radius 3 is 2.76 bits per heavy atom. The van der Waals surface area contributed by atoms with Crippen molar-refractivity contribution < 1.29 is 18.7 Å². The van der Waals surface area contributed by atoms with E-state index in [1.807, 2.05) is 4.90 Å². The molecule has 2 N–H and O–H groups in total. The number of hydrogen-bond acceptors (Lipinski definition) is 4. The zero-order valence-electron chi connectivity index (χ0n) is 18.8. The Balaban J connectivity index is 1.20. The molecule has 4 aliphatic rings. The Hall–Kier alpha value is -2.16. The largest absolute Gasteiger partial charge is 0.435 e. The van der Waals surface area contributed by atoms with Gasteiger partial charge in [-0.15, -0.1) is 0 Å². The molecule has 1 aromatic carbocycles. The second-order valence-corrected chi connectivity index (χ2v) is 11.1. The first-order valence-electron chi connectivity index (χ1n) is 11.9. The summed E-state index contributed by atoms with van der Waals surface area (Å²) in [5.41, 5.74) is 3.36. The van der Waals surface area contributed by atoms with Crippen LogP contribution in [0.4, 0.5) is 14.0 Å². The molecule has 33 heavy (non-hydrogen) atoms. The van der Waals surface area contributed by atoms with Crippen molar-refractivity contribution in [3.8, 4) is 0 Å². The number of nitrogens with one attached hydrogen (secondary N) is 2. The predicted molar refractivity (Wildman–Crippen MR) is 125 cm³/mol. The minimum Gasteiger partial charge on any atom is -0.435 e. The van der Waals surface area contributed by atoms with Crippen LogP contribution in [0.3, 0.4) is 0 Å². The third-order valence-electron chi connectivity index (χ3n) is 7.82. The van der Waals surface area contributed by atoms with Crippen molar-refractivity contribution in [2.45, 2.75) is 69.9 Å². The number of hydrogen-bond donors (Lipinski definition) is 2. The van der Waals surface area contributed by atoms with E-state index >= 15 is 0 Å². The second kappa shape index (κ2) is 8.56. The lowest BCUT2D eigenvalue weighted by molar-refractivity contribution is 0.0155. The maximum atomic E-state index is 13.6. The number of hydrazone groups is 1. The zero-order chi connectivity index (χ0) is 23.2. The summed E-state index contributed by atoms with van der Waals surface area (Å²) in [6.45, 7) is 3.83. The van der Waals surface area contributed by atoms with E-state index in [4.69, 9.17) is 4.74 Å². The van der Waals surface area contributed by atoms with E-state index < -0.39 is 11.7 Å². The molecule has 7 nitrogen and oxygen atoms in total. The van der Waals surface area contributed by atoms with Crippen LogP contribution >= 0.6 is 15.9 Å². The monoisotopic (exact) mass is 520 g/mol. The summed E-state index contributed by atoms with van der Waals surface area (Å²) in [4.78, 5) is 26.7. The fourth-order valence-corrected chi connectivity index (χ4v) is 6.25. The molecule has 9 heteroatoms. The van der Waals surface area contributed by atoms with Crippen molar-refractivity contribution in [1.82, 2.24) is 15.6 Å². The van der Waals surface area contributed by atoms with Gasteiger partial charge >= 0.3 is 12.1 Å². The van der Waals surface area contributed by atoms with Gasteiger partial charge in [-0.05, 0) is 87.8 Å². The van der Waals surface area contributed by atoms with Crippen LogP contribution in [0.15, 0.2) is 27.8 Å². The molecule has 1 saturated heterocycles. The quantitative estimate of drug-likeness (QED) is 0.589. The van der Waals surface area contributed by atoms with Crippen LogP contribution < -0.4 is 10.7 Å². The maximum Gasteiger partial charge on any atom is 0.428 e. The number of urea groups is 1. The highest BCUT2D eigenvalue weighted by molar-refractivity contribution is 9.10. The number of rotatable bonds is 4. The minimum absolute atomic E-state index is 0.0569. The first-order chi connectivity index (χ1) is 15.8. The molecule has 2 saturated carbocycles. The standard InChI is InChI=1S/C24H30BrFN4O3/c1-15(27-21(31)30-11-10-23(14-30)8-9-23)12-16-4-6-24(7-5-16)20(28-29-22(32)33-24)18-3-2-17(26)13-19(18)25/h2-3,13,15-16H,4-12,14H2,1H3,(H,27,31)(H,29,32)/t15-,16?,24?/m0/s1. The Morgan fingerprint density at radius 1 is 1.33 bits per heavy atom. The first kappa shape index (κ1) is 22.6. The average molecular weight is 521 g/mol. The Morgan fingerprint density at radius 2 is 2.09 bits per heavy atom. The summed E-state index contributed by atoms with van der Waals surface area (Å²) in [5, 5.41) is 7.50. The van der Waals surface area contributed by atoms with E-state index in [-0.39, 0.29) is 17.9 Å². The maximum absolute atomic E-state index is 13.6. The molecular weight excluding hydrogens is 491 g/mol. The van der Waals surface area contributed by atoms with Crippen LogP contribution in [0.1, 0.15) is 63.9 Å². The van der Waals surface area contributed by atoms with E-state index in [9.17, 15) is 14.0 Å². The topological polar surface area (TPSA) is 83.0 Å². The van der Waals surface area contributed by atoms with Crippen LogP contribution in [0.25, 0.3) is 0 Å². The molecule has 2 heterocycles. The predicted octanol–water partition coefficient (Wildman–Crippen LogP) is 4.94. The summed E-state index contributed by atoms with van der Waals surface area (Å²) in [5.74, 6) is 0.0767. The van der Waals surface area contributed by atoms with Gasteiger partial charge in [0.15, 0.2) is 5.60 Å². The Kier molecular flexibility index (Phi) is 5.87. The van der Waals surface area contributed by atoms with Crippen molar-refractivity contribution in [1.29, 1.82) is 0 Å². The van der Waals surface area contributed by atoms with E-state index in [0.717, 1.165) is 44.3 Å². The number of carbonyl (C=O) groups excluding carboxylic acids is 2. The highest BCUT2D eigenvalue weighted by Gasteiger charge is 2.49. The molecule has 2 spiro atoms. The smallest absolute Gasteiger partial charge is 0.428 e. The Labute approximate surface area is 201 Å². The average Bonchev–Trinajstić information content (AvgIpc) is 3.39. The molecule has 1 atom stereocenters. The van der Waals surface area contributed by atoms with Crippen LogP contribution in [0.2, 0.25) is 0 Å². The van der Waals surface area contributed by atoms with Crippen molar-refractivity contribution >= 4 is 33.8 Å². The van der Waals surface area contributed by atoms with Crippen molar-refractivity contribution in [2.75, 3.05) is 13.1 Å². The summed E-state index contributed by atoms with van der Waals surface area (Å²) < 4.78 is 20.0. The zero-order valence-corrected chi connectivity index (χ0v) is 20.4. The van der Waals surface area contributed by atoms with Crippen LogP contribution in [0.5, 0.6) is 0 Å². The molecule has 178 valence electrons. The molecular formula is C24H30BrFN4O3. The summed E-state index contributed by atoms with van der Waals surface area (Å²) in [6, 6.07) is 4.58. The molecule has 5 rings (SSSR count). The Bertz CT molecular complexity index is 988. The van der Waals surface area contributed by atoms with Gasteiger partial charge in [0.1, 0.15) is 11.5 Å². The highest BCUT2D eigenvalue weighted by Crippen LogP contribution is 2.52. The van der Waals surface area contributed by atoms with Crippen LogP contribution in [0, 0.1) is 17.2 Å². The van der Waals surface area contributed by atoms with Gasteiger partial charge < -0.3 is 15.0 Å². The number of ether oxygens (including phenoxy) is 1. The van der Waals surface area contributed by atoms with E-state index in [1.54, 1.807) is 6.07 Å². The summed E-state index contributed by atoms with van der Waals surface area (Å²) in [7, 11) is 0. The number of benzene rings is 1. The van der Waals surface area contributed by atoms with Gasteiger partial charge in [0, 0.05) is 29.2 Å². The molecule has 3 fully saturated rings. The number of likely N-dealkylation sites (tertiary alicyclic amines) is 1. The fraction of sp³-hybridized carbons (Fsp3) is 0.625. The van der Waals surface area contributed by atoms with Gasteiger partial charge in [-0.25, -0.2) is 19.4 Å². The molecule has 3 amide bonds.